The molecule has 8 heteroatoms. The van der Waals surface area contributed by atoms with E-state index in [1.807, 2.05) is 30.3 Å². The molecule has 4 aromatic carbocycles. The summed E-state index contributed by atoms with van der Waals surface area (Å²) in [6.07, 6.45) is 2.99. The molecular weight excluding hydrogens is 552 g/mol. The lowest BCUT2D eigenvalue weighted by atomic mass is 9.87. The van der Waals surface area contributed by atoms with Crippen molar-refractivity contribution in [2.75, 3.05) is 5.32 Å². The number of hydrogen-bond acceptors (Lipinski definition) is 5. The normalized spacial score (nSPS) is 15.3. The van der Waals surface area contributed by atoms with Gasteiger partial charge in [0.05, 0.1) is 5.56 Å². The molecule has 2 amide bonds. The second-order valence-electron chi connectivity index (χ2n) is 11.7. The average Bonchev–Trinajstić information content (AvgIpc) is 3.37. The fraction of sp³-hybridized carbons (Fsp3) is 0.222. The Kier molecular flexibility index (Phi) is 8.90. The van der Waals surface area contributed by atoms with Crippen LogP contribution in [0.25, 0.3) is 11.1 Å². The molecular formula is C36H36N4O4. The Bertz CT molecular complexity index is 1700. The highest BCUT2D eigenvalue weighted by atomic mass is 16.5. The second-order valence-corrected chi connectivity index (χ2v) is 11.7. The van der Waals surface area contributed by atoms with Crippen molar-refractivity contribution in [2.45, 2.75) is 45.8 Å². The monoisotopic (exact) mass is 588 g/mol. The highest BCUT2D eigenvalue weighted by molar-refractivity contribution is 6.11. The largest absolute Gasteiger partial charge is 0.457 e. The Morgan fingerprint density at radius 3 is 2.18 bits per heavy atom. The van der Waals surface area contributed by atoms with E-state index in [4.69, 9.17) is 15.9 Å². The van der Waals surface area contributed by atoms with Gasteiger partial charge in [-0.3, -0.25) is 15.0 Å². The highest BCUT2D eigenvalue weighted by Crippen LogP contribution is 2.37. The number of amidine groups is 1. The molecule has 0 aromatic heterocycles. The molecule has 4 aromatic rings. The Hall–Kier alpha value is -5.24. The van der Waals surface area contributed by atoms with E-state index in [1.54, 1.807) is 66.7 Å². The molecule has 8 nitrogen and oxygen atoms in total. The Morgan fingerprint density at radius 2 is 1.50 bits per heavy atom. The van der Waals surface area contributed by atoms with Gasteiger partial charge < -0.3 is 21.1 Å². The van der Waals surface area contributed by atoms with Crippen LogP contribution in [-0.4, -0.2) is 29.7 Å². The van der Waals surface area contributed by atoms with Crippen molar-refractivity contribution >= 4 is 29.3 Å². The summed E-state index contributed by atoms with van der Waals surface area (Å²) in [4.78, 5) is 40.5. The zero-order chi connectivity index (χ0) is 31.3. The summed E-state index contributed by atoms with van der Waals surface area (Å²) in [6, 6.07) is 27.9. The smallest absolute Gasteiger partial charge is 0.339 e. The van der Waals surface area contributed by atoms with Gasteiger partial charge in [-0.2, -0.15) is 0 Å². The van der Waals surface area contributed by atoms with Gasteiger partial charge >= 0.3 is 5.97 Å². The van der Waals surface area contributed by atoms with Crippen molar-refractivity contribution in [1.82, 2.24) is 5.32 Å². The predicted octanol–water partition coefficient (Wildman–Crippen LogP) is 6.56. The molecule has 1 saturated carbocycles. The first-order chi connectivity index (χ1) is 21.1. The van der Waals surface area contributed by atoms with Gasteiger partial charge in [0, 0.05) is 28.4 Å². The molecule has 0 aliphatic heterocycles. The van der Waals surface area contributed by atoms with Crippen LogP contribution in [0.4, 0.5) is 5.69 Å². The van der Waals surface area contributed by atoms with Gasteiger partial charge in [0.2, 0.25) is 0 Å². The molecule has 44 heavy (non-hydrogen) atoms. The van der Waals surface area contributed by atoms with Gasteiger partial charge in [-0.25, -0.2) is 4.79 Å². The van der Waals surface area contributed by atoms with Crippen LogP contribution in [0.3, 0.4) is 0 Å². The summed E-state index contributed by atoms with van der Waals surface area (Å²) in [5.74, 6) is -1.31. The highest BCUT2D eigenvalue weighted by Gasteiger charge is 2.35. The molecule has 224 valence electrons. The third-order valence-electron chi connectivity index (χ3n) is 8.19. The molecule has 5 rings (SSSR count). The van der Waals surface area contributed by atoms with E-state index in [1.165, 1.54) is 0 Å². The summed E-state index contributed by atoms with van der Waals surface area (Å²) < 4.78 is 5.71. The summed E-state index contributed by atoms with van der Waals surface area (Å²) in [7, 11) is 0. The third kappa shape index (κ3) is 6.86. The van der Waals surface area contributed by atoms with E-state index in [2.05, 4.69) is 24.5 Å². The van der Waals surface area contributed by atoms with Crippen LogP contribution in [0.15, 0.2) is 97.1 Å². The van der Waals surface area contributed by atoms with Gasteiger partial charge in [-0.1, -0.05) is 74.9 Å². The van der Waals surface area contributed by atoms with Crippen molar-refractivity contribution < 1.29 is 19.1 Å². The first kappa shape index (κ1) is 30.2. The number of nitrogen functional groups attached to an aromatic ring is 1. The molecule has 1 unspecified atom stereocenters. The molecule has 0 saturated heterocycles. The summed E-state index contributed by atoms with van der Waals surface area (Å²) in [6.45, 7) is 4.37. The zero-order valence-corrected chi connectivity index (χ0v) is 24.9. The maximum Gasteiger partial charge on any atom is 0.339 e. The first-order valence-corrected chi connectivity index (χ1v) is 14.6. The number of carbonyl (C=O) groups excluding carboxylic acids is 3. The molecule has 1 fully saturated rings. The van der Waals surface area contributed by atoms with Crippen LogP contribution in [0.1, 0.15) is 75.3 Å². The minimum absolute atomic E-state index is 0.00820. The summed E-state index contributed by atoms with van der Waals surface area (Å²) in [5.41, 5.74) is 9.29. The number of anilines is 1. The molecule has 0 bridgehead atoms. The molecule has 0 heterocycles. The summed E-state index contributed by atoms with van der Waals surface area (Å²) >= 11 is 0. The first-order valence-electron chi connectivity index (χ1n) is 14.6. The van der Waals surface area contributed by atoms with E-state index in [0.717, 1.165) is 24.8 Å². The maximum absolute atomic E-state index is 13.6. The number of benzene rings is 4. The van der Waals surface area contributed by atoms with E-state index in [9.17, 15) is 14.4 Å². The van der Waals surface area contributed by atoms with Crippen LogP contribution in [0, 0.1) is 10.8 Å². The molecule has 1 aliphatic carbocycles. The van der Waals surface area contributed by atoms with Crippen molar-refractivity contribution in [3.63, 3.8) is 0 Å². The van der Waals surface area contributed by atoms with Gasteiger partial charge in [0.15, 0.2) is 0 Å². The van der Waals surface area contributed by atoms with Gasteiger partial charge in [-0.05, 0) is 77.4 Å². The fourth-order valence-corrected chi connectivity index (χ4v) is 5.57. The van der Waals surface area contributed by atoms with E-state index in [-0.39, 0.29) is 41.3 Å². The Balaban J connectivity index is 1.48. The molecule has 0 spiro atoms. The third-order valence-corrected chi connectivity index (χ3v) is 8.19. The van der Waals surface area contributed by atoms with Crippen LogP contribution >= 0.6 is 0 Å². The fourth-order valence-electron chi connectivity index (χ4n) is 5.57. The van der Waals surface area contributed by atoms with Crippen LogP contribution in [0.5, 0.6) is 0 Å². The number of esters is 1. The molecule has 1 atom stereocenters. The lowest BCUT2D eigenvalue weighted by Crippen LogP contribution is -2.41. The quantitative estimate of drug-likeness (QED) is 0.0999. The van der Waals surface area contributed by atoms with Crippen molar-refractivity contribution in [1.29, 1.82) is 5.41 Å². The number of hydrogen-bond donors (Lipinski definition) is 4. The van der Waals surface area contributed by atoms with Crippen LogP contribution in [-0.2, 0) is 11.3 Å². The van der Waals surface area contributed by atoms with Crippen LogP contribution in [0.2, 0.25) is 0 Å². The van der Waals surface area contributed by atoms with E-state index < -0.39 is 5.97 Å². The number of carbonyl (C=O) groups is 3. The lowest BCUT2D eigenvalue weighted by molar-refractivity contribution is 0.0473. The Morgan fingerprint density at radius 1 is 0.841 bits per heavy atom. The number of amides is 2. The topological polar surface area (TPSA) is 134 Å². The lowest BCUT2D eigenvalue weighted by Gasteiger charge is -2.28. The maximum atomic E-state index is 13.6. The average molecular weight is 589 g/mol. The molecule has 1 aliphatic rings. The predicted molar refractivity (Wildman–Crippen MR) is 172 cm³/mol. The van der Waals surface area contributed by atoms with Gasteiger partial charge in [0.1, 0.15) is 12.4 Å². The van der Waals surface area contributed by atoms with E-state index >= 15 is 0 Å². The van der Waals surface area contributed by atoms with Crippen LogP contribution < -0.4 is 16.4 Å². The molecule has 0 radical (unpaired) electrons. The standard InChI is InChI=1S/C36H36N4O4/c1-36(2)20-8-13-31(36)40-33(41)25-16-19-28(30(21-25)35(43)44-22-23-9-4-3-5-10-23)27-11-6-7-12-29(27)34(42)39-26-17-14-24(15-18-26)32(37)38/h3-7,9-12,14-19,21,31H,8,13,20,22H2,1-2H3,(H3,37,38)(H,39,42)(H,40,41). The minimum atomic E-state index is -0.602. The van der Waals surface area contributed by atoms with Gasteiger partial charge in [0.25, 0.3) is 11.8 Å². The summed E-state index contributed by atoms with van der Waals surface area (Å²) in [5, 5.41) is 13.6. The Labute approximate surface area is 257 Å². The second kappa shape index (κ2) is 13.0. The van der Waals surface area contributed by atoms with Crippen molar-refractivity contribution in [3.8, 4) is 11.1 Å². The van der Waals surface area contributed by atoms with E-state index in [0.29, 0.717) is 33.5 Å². The number of ether oxygens (including phenoxy) is 1. The number of nitrogens with two attached hydrogens (primary N) is 1. The van der Waals surface area contributed by atoms with Crippen molar-refractivity contribution in [3.05, 3.63) is 125 Å². The van der Waals surface area contributed by atoms with Crippen molar-refractivity contribution in [2.24, 2.45) is 11.1 Å². The van der Waals surface area contributed by atoms with Gasteiger partial charge in [-0.15, -0.1) is 0 Å². The zero-order valence-electron chi connectivity index (χ0n) is 24.9. The number of nitrogens with one attached hydrogen (secondary N) is 3. The minimum Gasteiger partial charge on any atom is -0.457 e. The SMILES string of the molecule is CC1(C)CCCC1NC(=O)c1ccc(-c2ccccc2C(=O)Nc2ccc(C(=N)N)cc2)c(C(=O)OCc2ccccc2)c1. The molecule has 5 N–H and O–H groups in total. The number of rotatable bonds is 9.